The predicted molar refractivity (Wildman–Crippen MR) is 42.3 cm³/mol. The van der Waals surface area contributed by atoms with Crippen molar-refractivity contribution in [1.82, 2.24) is 4.90 Å². The van der Waals surface area contributed by atoms with Crippen molar-refractivity contribution in [2.75, 3.05) is 13.1 Å². The normalized spacial score (nSPS) is 31.0. The molecule has 1 heterocycles. The summed E-state index contributed by atoms with van der Waals surface area (Å²) in [7, 11) is 0. The molecule has 0 aromatic rings. The zero-order valence-electron chi connectivity index (χ0n) is 7.43. The smallest absolute Gasteiger partial charge is 0.263 e. The number of aliphatic hydroxyl groups is 1. The van der Waals surface area contributed by atoms with Crippen molar-refractivity contribution in [2.24, 2.45) is 0 Å². The maximum Gasteiger partial charge on any atom is 0.263 e. The summed E-state index contributed by atoms with van der Waals surface area (Å²) in [6.45, 7) is 3.86. The fourth-order valence-corrected chi connectivity index (χ4v) is 1.50. The van der Waals surface area contributed by atoms with Crippen LogP contribution in [-0.2, 0) is 0 Å². The third-order valence-corrected chi connectivity index (χ3v) is 2.14. The van der Waals surface area contributed by atoms with Crippen molar-refractivity contribution in [1.29, 1.82) is 0 Å². The van der Waals surface area contributed by atoms with E-state index in [-0.39, 0.29) is 12.6 Å². The third-order valence-electron chi connectivity index (χ3n) is 2.14. The van der Waals surface area contributed by atoms with E-state index in [4.69, 9.17) is 5.11 Å². The average molecular weight is 179 g/mol. The molecule has 4 heteroatoms. The van der Waals surface area contributed by atoms with E-state index in [0.29, 0.717) is 6.54 Å². The summed E-state index contributed by atoms with van der Waals surface area (Å²) in [5.41, 5.74) is 0. The minimum absolute atomic E-state index is 0.0748. The van der Waals surface area contributed by atoms with Gasteiger partial charge < -0.3 is 5.11 Å². The molecule has 1 N–H and O–H groups in total. The molecule has 2 nitrogen and oxygen atoms in total. The molecule has 0 amide bonds. The first-order valence-corrected chi connectivity index (χ1v) is 4.21. The maximum absolute atomic E-state index is 12.9. The molecule has 72 valence electrons. The average Bonchev–Trinajstić information content (AvgIpc) is 1.82. The van der Waals surface area contributed by atoms with Crippen LogP contribution in [0.15, 0.2) is 0 Å². The molecule has 0 aromatic carbocycles. The lowest BCUT2D eigenvalue weighted by atomic mass is 10.0. The molecule has 1 atom stereocenters. The second-order valence-electron chi connectivity index (χ2n) is 3.74. The number of alkyl halides is 2. The molecule has 1 fully saturated rings. The summed E-state index contributed by atoms with van der Waals surface area (Å²) >= 11 is 0. The van der Waals surface area contributed by atoms with E-state index in [1.54, 1.807) is 4.90 Å². The fraction of sp³-hybridized carbons (Fsp3) is 1.00. The van der Waals surface area contributed by atoms with Gasteiger partial charge >= 0.3 is 0 Å². The van der Waals surface area contributed by atoms with Crippen LogP contribution >= 0.6 is 0 Å². The Bertz CT molecular complexity index is 161. The largest absolute Gasteiger partial charge is 0.392 e. The van der Waals surface area contributed by atoms with Crippen molar-refractivity contribution in [3.8, 4) is 0 Å². The van der Waals surface area contributed by atoms with Crippen molar-refractivity contribution in [3.05, 3.63) is 0 Å². The van der Waals surface area contributed by atoms with Gasteiger partial charge in [0.2, 0.25) is 0 Å². The van der Waals surface area contributed by atoms with Gasteiger partial charge in [0.25, 0.3) is 5.92 Å². The number of hydrogen-bond donors (Lipinski definition) is 1. The van der Waals surface area contributed by atoms with Gasteiger partial charge in [-0.3, -0.25) is 4.90 Å². The van der Waals surface area contributed by atoms with E-state index in [1.165, 1.54) is 0 Å². The molecular formula is C8H15F2NO. The highest BCUT2D eigenvalue weighted by Crippen LogP contribution is 2.27. The van der Waals surface area contributed by atoms with Gasteiger partial charge in [0.15, 0.2) is 0 Å². The highest BCUT2D eigenvalue weighted by molar-refractivity contribution is 4.85. The molecule has 1 rings (SSSR count). The molecular weight excluding hydrogens is 164 g/mol. The second kappa shape index (κ2) is 3.26. The Morgan fingerprint density at radius 3 is 2.50 bits per heavy atom. The van der Waals surface area contributed by atoms with Crippen LogP contribution in [0.1, 0.15) is 20.3 Å². The first-order valence-electron chi connectivity index (χ1n) is 4.21. The zero-order valence-corrected chi connectivity index (χ0v) is 7.43. The topological polar surface area (TPSA) is 23.5 Å². The lowest BCUT2D eigenvalue weighted by molar-refractivity contribution is -0.114. The number of piperidine rings is 1. The SMILES string of the molecule is CC(C)N1CC(O)CC(F)(F)C1. The number of hydrogen-bond acceptors (Lipinski definition) is 2. The number of likely N-dealkylation sites (tertiary alicyclic amines) is 1. The number of aliphatic hydroxyl groups excluding tert-OH is 1. The van der Waals surface area contributed by atoms with Gasteiger partial charge in [-0.1, -0.05) is 0 Å². The summed E-state index contributed by atoms with van der Waals surface area (Å²) < 4.78 is 25.7. The Morgan fingerprint density at radius 2 is 2.08 bits per heavy atom. The molecule has 0 aromatic heterocycles. The molecule has 0 aliphatic carbocycles. The number of β-amino-alcohol motifs (C(OH)–C–C–N with tert-alkyl or cyclic N) is 1. The molecule has 0 radical (unpaired) electrons. The number of nitrogens with zero attached hydrogens (tertiary/aromatic N) is 1. The van der Waals surface area contributed by atoms with Gasteiger partial charge in [-0.15, -0.1) is 0 Å². The van der Waals surface area contributed by atoms with Gasteiger partial charge in [0.1, 0.15) is 0 Å². The minimum atomic E-state index is -2.72. The van der Waals surface area contributed by atoms with E-state index < -0.39 is 18.4 Å². The van der Waals surface area contributed by atoms with E-state index in [9.17, 15) is 8.78 Å². The molecule has 12 heavy (non-hydrogen) atoms. The number of rotatable bonds is 1. The van der Waals surface area contributed by atoms with Gasteiger partial charge in [-0.25, -0.2) is 8.78 Å². The third kappa shape index (κ3) is 2.38. The highest BCUT2D eigenvalue weighted by Gasteiger charge is 2.40. The molecule has 0 bridgehead atoms. The summed E-state index contributed by atoms with van der Waals surface area (Å²) in [6.07, 6.45) is -1.27. The van der Waals surface area contributed by atoms with Crippen molar-refractivity contribution in [2.45, 2.75) is 38.3 Å². The Kier molecular flexibility index (Phi) is 2.68. The van der Waals surface area contributed by atoms with Crippen molar-refractivity contribution >= 4 is 0 Å². The van der Waals surface area contributed by atoms with Gasteiger partial charge in [-0.2, -0.15) is 0 Å². The van der Waals surface area contributed by atoms with Crippen LogP contribution in [0.4, 0.5) is 8.78 Å². The molecule has 1 aliphatic rings. The van der Waals surface area contributed by atoms with Crippen molar-refractivity contribution in [3.63, 3.8) is 0 Å². The molecule has 0 saturated carbocycles. The second-order valence-corrected chi connectivity index (χ2v) is 3.74. The summed E-state index contributed by atoms with van der Waals surface area (Å²) in [5.74, 6) is -2.72. The van der Waals surface area contributed by atoms with E-state index in [2.05, 4.69) is 0 Å². The van der Waals surface area contributed by atoms with Gasteiger partial charge in [0, 0.05) is 19.0 Å². The molecule has 1 aliphatic heterocycles. The van der Waals surface area contributed by atoms with E-state index in [0.717, 1.165) is 0 Å². The molecule has 0 spiro atoms. The summed E-state index contributed by atoms with van der Waals surface area (Å²) in [5, 5.41) is 9.14. The van der Waals surface area contributed by atoms with Crippen LogP contribution in [0, 0.1) is 0 Å². The Labute approximate surface area is 71.2 Å². The van der Waals surface area contributed by atoms with Crippen LogP contribution in [0.3, 0.4) is 0 Å². The first-order chi connectivity index (χ1) is 5.41. The molecule has 1 unspecified atom stereocenters. The van der Waals surface area contributed by atoms with Crippen LogP contribution in [0.5, 0.6) is 0 Å². The standard InChI is InChI=1S/C8H15F2NO/c1-6(2)11-4-7(12)3-8(9,10)5-11/h6-7,12H,3-5H2,1-2H3. The first kappa shape index (κ1) is 9.86. The monoisotopic (exact) mass is 179 g/mol. The summed E-state index contributed by atoms with van der Waals surface area (Å²) in [4.78, 5) is 1.61. The van der Waals surface area contributed by atoms with Crippen LogP contribution in [-0.4, -0.2) is 41.2 Å². The summed E-state index contributed by atoms with van der Waals surface area (Å²) in [6, 6.07) is 0.0748. The Balaban J connectivity index is 2.58. The van der Waals surface area contributed by atoms with E-state index in [1.807, 2.05) is 13.8 Å². The molecule has 1 saturated heterocycles. The van der Waals surface area contributed by atoms with Gasteiger partial charge in [-0.05, 0) is 13.8 Å². The highest BCUT2D eigenvalue weighted by atomic mass is 19.3. The minimum Gasteiger partial charge on any atom is -0.392 e. The maximum atomic E-state index is 12.9. The predicted octanol–water partition coefficient (Wildman–Crippen LogP) is 1.10. The lowest BCUT2D eigenvalue weighted by Crippen LogP contribution is -2.51. The zero-order chi connectivity index (χ0) is 9.35. The van der Waals surface area contributed by atoms with Crippen LogP contribution in [0.2, 0.25) is 0 Å². The van der Waals surface area contributed by atoms with Crippen molar-refractivity contribution < 1.29 is 13.9 Å². The van der Waals surface area contributed by atoms with Crippen LogP contribution < -0.4 is 0 Å². The number of halogens is 2. The lowest BCUT2D eigenvalue weighted by Gasteiger charge is -2.37. The Morgan fingerprint density at radius 1 is 1.50 bits per heavy atom. The van der Waals surface area contributed by atoms with E-state index >= 15 is 0 Å². The fourth-order valence-electron chi connectivity index (χ4n) is 1.50. The van der Waals surface area contributed by atoms with Gasteiger partial charge in [0.05, 0.1) is 12.6 Å². The quantitative estimate of drug-likeness (QED) is 0.651. The Hall–Kier alpha value is -0.220. The van der Waals surface area contributed by atoms with Crippen LogP contribution in [0.25, 0.3) is 0 Å².